The van der Waals surface area contributed by atoms with Crippen LogP contribution in [0, 0.1) is 0 Å². The van der Waals surface area contributed by atoms with Crippen LogP contribution < -0.4 is 16.0 Å². The van der Waals surface area contributed by atoms with Crippen molar-refractivity contribution in [2.75, 3.05) is 45.6 Å². The average molecular weight is 603 g/mol. The molecule has 0 saturated carbocycles. The number of rotatable bonds is 12. The molecule has 2 amide bonds. The van der Waals surface area contributed by atoms with Gasteiger partial charge in [-0.2, -0.15) is 0 Å². The minimum atomic E-state index is -1.48. The van der Waals surface area contributed by atoms with Crippen LogP contribution in [0.15, 0.2) is 67.0 Å². The predicted molar refractivity (Wildman–Crippen MR) is 164 cm³/mol. The molecule has 13 nitrogen and oxygen atoms in total. The van der Waals surface area contributed by atoms with Gasteiger partial charge in [0, 0.05) is 32.1 Å². The molecule has 3 heterocycles. The number of benzene rings is 2. The van der Waals surface area contributed by atoms with Crippen LogP contribution in [0.4, 0.5) is 5.82 Å². The van der Waals surface area contributed by atoms with Gasteiger partial charge in [-0.1, -0.05) is 60.7 Å². The van der Waals surface area contributed by atoms with Crippen LogP contribution in [0.25, 0.3) is 11.2 Å². The van der Waals surface area contributed by atoms with E-state index in [2.05, 4.69) is 55.2 Å². The number of likely N-dealkylation sites (N-methyl/N-ethyl adjacent to an activating group) is 2. The highest BCUT2D eigenvalue weighted by Crippen LogP contribution is 2.33. The topological polar surface area (TPSA) is 167 Å². The molecule has 1 saturated heterocycles. The lowest BCUT2D eigenvalue weighted by Crippen LogP contribution is -2.42. The Morgan fingerprint density at radius 2 is 1.64 bits per heavy atom. The van der Waals surface area contributed by atoms with Crippen LogP contribution in [-0.2, 0) is 9.53 Å². The van der Waals surface area contributed by atoms with Crippen molar-refractivity contribution in [2.24, 2.45) is 0 Å². The van der Waals surface area contributed by atoms with Crippen molar-refractivity contribution < 1.29 is 24.5 Å². The summed E-state index contributed by atoms with van der Waals surface area (Å²) in [5.41, 5.74) is 2.72. The van der Waals surface area contributed by atoms with Crippen molar-refractivity contribution in [3.8, 4) is 0 Å². The number of aromatic nitrogens is 4. The molecule has 1 aliphatic rings. The van der Waals surface area contributed by atoms with Crippen molar-refractivity contribution >= 4 is 28.8 Å². The largest absolute Gasteiger partial charge is 0.387 e. The Labute approximate surface area is 255 Å². The molecule has 4 aromatic rings. The molecule has 232 valence electrons. The number of nitrogens with one attached hydrogen (secondary N) is 3. The van der Waals surface area contributed by atoms with E-state index in [0.29, 0.717) is 37.5 Å². The number of carbonyl (C=O) groups excluding carboxylic acids is 2. The van der Waals surface area contributed by atoms with E-state index in [-0.39, 0.29) is 17.4 Å². The molecule has 13 heteroatoms. The van der Waals surface area contributed by atoms with Crippen LogP contribution in [-0.4, -0.2) is 105 Å². The summed E-state index contributed by atoms with van der Waals surface area (Å²) in [4.78, 5) is 41.2. The summed E-state index contributed by atoms with van der Waals surface area (Å²) < 4.78 is 7.24. The van der Waals surface area contributed by atoms with Gasteiger partial charge in [-0.3, -0.25) is 14.2 Å². The summed E-state index contributed by atoms with van der Waals surface area (Å²) in [5.74, 6) is -0.867. The zero-order chi connectivity index (χ0) is 31.2. The molecule has 4 atom stereocenters. The minimum absolute atomic E-state index is 0.0464. The van der Waals surface area contributed by atoms with Gasteiger partial charge in [0.2, 0.25) is 5.82 Å². The van der Waals surface area contributed by atoms with Crippen molar-refractivity contribution in [2.45, 2.75) is 37.4 Å². The van der Waals surface area contributed by atoms with Gasteiger partial charge >= 0.3 is 0 Å². The first-order valence-electron chi connectivity index (χ1n) is 14.6. The van der Waals surface area contributed by atoms with E-state index >= 15 is 0 Å². The van der Waals surface area contributed by atoms with Crippen molar-refractivity contribution in [1.82, 2.24) is 35.1 Å². The van der Waals surface area contributed by atoms with Gasteiger partial charge in [0.25, 0.3) is 11.8 Å². The monoisotopic (exact) mass is 602 g/mol. The smallest absolute Gasteiger partial charge is 0.289 e. The quantitative estimate of drug-likeness (QED) is 0.159. The summed E-state index contributed by atoms with van der Waals surface area (Å²) >= 11 is 0. The van der Waals surface area contributed by atoms with E-state index in [0.717, 1.165) is 11.1 Å². The Hall–Kier alpha value is -4.43. The maximum atomic E-state index is 13.2. The fraction of sp³-hybridized carbons (Fsp3) is 0.387. The highest BCUT2D eigenvalue weighted by molar-refractivity contribution is 5.94. The molecular weight excluding hydrogens is 564 g/mol. The maximum absolute atomic E-state index is 13.2. The standard InChI is InChI=1S/C31H38N8O5/c1-4-32-29(42)25-23(40)24(41)31(44-25)39-18-35-22-26(36-27(37-28(22)39)30(43)33-15-16-38(2)3)34-17-21(19-11-7-5-8-12-19)20-13-9-6-10-14-20/h5-14,18,21,23-25,31,40-41H,4,15-17H2,1-3H3,(H,32,42)(H,33,43)(H,34,36,37)/t23-,24-,25-,31+/m0/s1. The molecule has 2 aromatic heterocycles. The molecule has 0 bridgehead atoms. The minimum Gasteiger partial charge on any atom is -0.387 e. The number of amides is 2. The number of imidazole rings is 1. The highest BCUT2D eigenvalue weighted by atomic mass is 16.6. The van der Waals surface area contributed by atoms with Gasteiger partial charge in [-0.05, 0) is 32.1 Å². The van der Waals surface area contributed by atoms with Crippen LogP contribution in [0.3, 0.4) is 0 Å². The first-order chi connectivity index (χ1) is 21.3. The van der Waals surface area contributed by atoms with E-state index in [1.807, 2.05) is 55.4 Å². The van der Waals surface area contributed by atoms with Gasteiger partial charge in [0.1, 0.15) is 12.2 Å². The van der Waals surface area contributed by atoms with Gasteiger partial charge in [0.05, 0.1) is 6.33 Å². The highest BCUT2D eigenvalue weighted by Gasteiger charge is 2.47. The Morgan fingerprint density at radius 3 is 2.25 bits per heavy atom. The summed E-state index contributed by atoms with van der Waals surface area (Å²) in [5, 5.41) is 30.3. The molecule has 1 fully saturated rings. The van der Waals surface area contributed by atoms with Gasteiger partial charge in [-0.15, -0.1) is 0 Å². The number of fused-ring (bicyclic) bond motifs is 1. The molecule has 5 rings (SSSR count). The van der Waals surface area contributed by atoms with E-state index in [9.17, 15) is 19.8 Å². The average Bonchev–Trinajstić information content (AvgIpc) is 3.58. The second kappa shape index (κ2) is 13.9. The fourth-order valence-electron chi connectivity index (χ4n) is 5.18. The molecule has 0 radical (unpaired) electrons. The van der Waals surface area contributed by atoms with E-state index < -0.39 is 36.4 Å². The number of aliphatic hydroxyl groups excluding tert-OH is 2. The summed E-state index contributed by atoms with van der Waals surface area (Å²) in [6, 6.07) is 20.1. The maximum Gasteiger partial charge on any atom is 0.289 e. The van der Waals surface area contributed by atoms with Gasteiger partial charge in [0.15, 0.2) is 29.3 Å². The zero-order valence-corrected chi connectivity index (χ0v) is 24.9. The number of carbonyl (C=O) groups is 2. The number of hydrogen-bond acceptors (Lipinski definition) is 10. The number of anilines is 1. The third-order valence-corrected chi connectivity index (χ3v) is 7.47. The molecule has 5 N–H and O–H groups in total. The number of aliphatic hydroxyl groups is 2. The first-order valence-corrected chi connectivity index (χ1v) is 14.6. The lowest BCUT2D eigenvalue weighted by atomic mass is 9.91. The molecule has 1 aliphatic heterocycles. The van der Waals surface area contributed by atoms with Crippen LogP contribution in [0.5, 0.6) is 0 Å². The third kappa shape index (κ3) is 6.70. The van der Waals surface area contributed by atoms with Crippen molar-refractivity contribution in [3.63, 3.8) is 0 Å². The van der Waals surface area contributed by atoms with Crippen LogP contribution in [0.2, 0.25) is 0 Å². The molecule has 0 aliphatic carbocycles. The zero-order valence-electron chi connectivity index (χ0n) is 24.9. The number of nitrogens with zero attached hydrogens (tertiary/aromatic N) is 5. The Kier molecular flexibility index (Phi) is 9.80. The second-order valence-corrected chi connectivity index (χ2v) is 10.9. The second-order valence-electron chi connectivity index (χ2n) is 10.9. The Morgan fingerprint density at radius 1 is 0.977 bits per heavy atom. The first kappa shape index (κ1) is 31.0. The number of ether oxygens (including phenoxy) is 1. The molecular formula is C31H38N8O5. The summed E-state index contributed by atoms with van der Waals surface area (Å²) in [7, 11) is 3.81. The van der Waals surface area contributed by atoms with E-state index in [1.165, 1.54) is 10.9 Å². The third-order valence-electron chi connectivity index (χ3n) is 7.47. The van der Waals surface area contributed by atoms with Gasteiger partial charge in [-0.25, -0.2) is 15.0 Å². The lowest BCUT2D eigenvalue weighted by Gasteiger charge is -2.20. The summed E-state index contributed by atoms with van der Waals surface area (Å²) in [6.45, 7) is 3.50. The summed E-state index contributed by atoms with van der Waals surface area (Å²) in [6.07, 6.45) is -4.02. The molecule has 0 unspecified atom stereocenters. The van der Waals surface area contributed by atoms with Gasteiger partial charge < -0.3 is 35.8 Å². The molecule has 2 aromatic carbocycles. The normalized spacial score (nSPS) is 19.9. The van der Waals surface area contributed by atoms with E-state index in [4.69, 9.17) is 4.74 Å². The van der Waals surface area contributed by atoms with E-state index in [1.54, 1.807) is 6.92 Å². The van der Waals surface area contributed by atoms with Crippen molar-refractivity contribution in [1.29, 1.82) is 0 Å². The Balaban J connectivity index is 1.51. The number of hydrogen-bond donors (Lipinski definition) is 5. The lowest BCUT2D eigenvalue weighted by molar-refractivity contribution is -0.137. The predicted octanol–water partition coefficient (Wildman–Crippen LogP) is 1.12. The fourth-order valence-corrected chi connectivity index (χ4v) is 5.18. The Bertz CT molecular complexity index is 1530. The van der Waals surface area contributed by atoms with Crippen molar-refractivity contribution in [3.05, 3.63) is 83.9 Å². The van der Waals surface area contributed by atoms with Crippen LogP contribution >= 0.6 is 0 Å². The molecule has 0 spiro atoms. The van der Waals surface area contributed by atoms with Crippen LogP contribution in [0.1, 0.15) is 40.8 Å². The molecule has 44 heavy (non-hydrogen) atoms. The SMILES string of the molecule is CCNC(=O)[C@H]1O[C@@H](n2cnc3c(NCC(c4ccccc4)c4ccccc4)nc(C(=O)NCCN(C)C)nc32)[C@@H](O)[C@@H]1O.